The number of hydrogen-bond donors (Lipinski definition) is 2. The molecule has 0 aromatic carbocycles. The quantitative estimate of drug-likeness (QED) is 0.612. The van der Waals surface area contributed by atoms with Crippen LogP contribution >= 0.6 is 0 Å². The van der Waals surface area contributed by atoms with Crippen molar-refractivity contribution in [3.63, 3.8) is 0 Å². The van der Waals surface area contributed by atoms with E-state index < -0.39 is 6.30 Å². The first kappa shape index (κ1) is 20.7. The molecule has 1 unspecified atom stereocenters. The summed E-state index contributed by atoms with van der Waals surface area (Å²) in [7, 11) is 1.66. The monoisotopic (exact) mass is 416 g/mol. The molecule has 8 nitrogen and oxygen atoms in total. The van der Waals surface area contributed by atoms with Crippen molar-refractivity contribution in [2.75, 3.05) is 19.0 Å². The lowest BCUT2D eigenvalue weighted by atomic mass is 9.85. The molecule has 0 bridgehead atoms. The summed E-state index contributed by atoms with van der Waals surface area (Å²) < 4.78 is 22.1. The van der Waals surface area contributed by atoms with E-state index in [1.54, 1.807) is 25.7 Å². The van der Waals surface area contributed by atoms with E-state index in [9.17, 15) is 9.50 Å². The first-order chi connectivity index (χ1) is 14.5. The van der Waals surface area contributed by atoms with Crippen molar-refractivity contribution in [3.8, 4) is 11.1 Å². The van der Waals surface area contributed by atoms with Gasteiger partial charge >= 0.3 is 0 Å². The standard InChI is InChI=1S/C21H29FN6O2/c1-13(12-30-3)25-21-23-10-20-18(16-9-24-27(11-16)14(2)22)8-19(28(20)26-21)15-4-6-17(29)7-5-15/h8-11,13-15,17,29H,4-7,12H2,1-3H3,(H,25,26)/t13-,14?,15?,17?/m0/s1. The molecule has 3 aromatic heterocycles. The fourth-order valence-electron chi connectivity index (χ4n) is 4.16. The van der Waals surface area contributed by atoms with Crippen LogP contribution in [0.1, 0.15) is 57.4 Å². The molecule has 2 N–H and O–H groups in total. The predicted octanol–water partition coefficient (Wildman–Crippen LogP) is 3.55. The average molecular weight is 417 g/mol. The molecule has 3 heterocycles. The summed E-state index contributed by atoms with van der Waals surface area (Å²) in [5, 5.41) is 22.1. The van der Waals surface area contributed by atoms with Crippen molar-refractivity contribution in [1.29, 1.82) is 0 Å². The number of aliphatic hydroxyl groups excluding tert-OH is 1. The lowest BCUT2D eigenvalue weighted by molar-refractivity contribution is 0.121. The number of alkyl halides is 1. The number of anilines is 1. The van der Waals surface area contributed by atoms with Crippen molar-refractivity contribution < 1.29 is 14.2 Å². The molecule has 30 heavy (non-hydrogen) atoms. The molecule has 0 saturated heterocycles. The van der Waals surface area contributed by atoms with E-state index in [4.69, 9.17) is 9.84 Å². The summed E-state index contributed by atoms with van der Waals surface area (Å²) in [6, 6.07) is 2.18. The Morgan fingerprint density at radius 2 is 2.03 bits per heavy atom. The molecule has 162 valence electrons. The third kappa shape index (κ3) is 4.17. The molecule has 1 aliphatic rings. The molecule has 3 aromatic rings. The third-order valence-electron chi connectivity index (χ3n) is 5.73. The Hall–Kier alpha value is -2.52. The number of aromatic nitrogens is 5. The lowest BCUT2D eigenvalue weighted by Gasteiger charge is -2.25. The number of ether oxygens (including phenoxy) is 1. The molecule has 4 rings (SSSR count). The van der Waals surface area contributed by atoms with Crippen LogP contribution in [0.3, 0.4) is 0 Å². The summed E-state index contributed by atoms with van der Waals surface area (Å²) in [5.74, 6) is 0.823. The van der Waals surface area contributed by atoms with E-state index in [1.165, 1.54) is 11.6 Å². The van der Waals surface area contributed by atoms with Crippen LogP contribution in [0.2, 0.25) is 0 Å². The summed E-state index contributed by atoms with van der Waals surface area (Å²) in [6.45, 7) is 4.01. The summed E-state index contributed by atoms with van der Waals surface area (Å²) in [5.41, 5.74) is 3.69. The highest BCUT2D eigenvalue weighted by Crippen LogP contribution is 2.37. The number of methoxy groups -OCH3 is 1. The second-order valence-electron chi connectivity index (χ2n) is 8.15. The van der Waals surface area contributed by atoms with Gasteiger partial charge in [0.05, 0.1) is 30.6 Å². The molecule has 0 aliphatic heterocycles. The third-order valence-corrected chi connectivity index (χ3v) is 5.73. The Labute approximate surface area is 175 Å². The van der Waals surface area contributed by atoms with E-state index >= 15 is 0 Å². The molecule has 1 aliphatic carbocycles. The van der Waals surface area contributed by atoms with Gasteiger partial charge in [0, 0.05) is 42.1 Å². The van der Waals surface area contributed by atoms with Crippen LogP contribution in [0.25, 0.3) is 16.6 Å². The highest BCUT2D eigenvalue weighted by atomic mass is 19.1. The van der Waals surface area contributed by atoms with Crippen molar-refractivity contribution in [2.24, 2.45) is 0 Å². The average Bonchev–Trinajstić information content (AvgIpc) is 3.34. The SMILES string of the molecule is COC[C@H](C)Nc1ncc2c(-c3cnn(C(C)F)c3)cc(C3CCC(O)CC3)n2n1. The molecular weight excluding hydrogens is 387 g/mol. The van der Waals surface area contributed by atoms with E-state index in [0.717, 1.165) is 48.0 Å². The van der Waals surface area contributed by atoms with Crippen LogP contribution in [0.4, 0.5) is 10.3 Å². The van der Waals surface area contributed by atoms with Crippen molar-refractivity contribution in [1.82, 2.24) is 24.4 Å². The van der Waals surface area contributed by atoms with Gasteiger partial charge < -0.3 is 15.2 Å². The fourth-order valence-corrected chi connectivity index (χ4v) is 4.16. The summed E-state index contributed by atoms with van der Waals surface area (Å²) >= 11 is 0. The Balaban J connectivity index is 1.76. The van der Waals surface area contributed by atoms with Crippen LogP contribution in [0.15, 0.2) is 24.7 Å². The zero-order valence-electron chi connectivity index (χ0n) is 17.6. The maximum atomic E-state index is 13.7. The number of fused-ring (bicyclic) bond motifs is 1. The fraction of sp³-hybridized carbons (Fsp3) is 0.571. The van der Waals surface area contributed by atoms with Crippen LogP contribution in [-0.2, 0) is 4.74 Å². The van der Waals surface area contributed by atoms with Gasteiger partial charge in [0.15, 0.2) is 6.30 Å². The molecule has 0 radical (unpaired) electrons. The minimum Gasteiger partial charge on any atom is -0.393 e. The predicted molar refractivity (Wildman–Crippen MR) is 112 cm³/mol. The molecule has 1 fully saturated rings. The molecule has 2 atom stereocenters. The molecule has 9 heteroatoms. The summed E-state index contributed by atoms with van der Waals surface area (Å²) in [6.07, 6.45) is 7.13. The van der Waals surface area contributed by atoms with Gasteiger partial charge in [0.25, 0.3) is 0 Å². The second-order valence-corrected chi connectivity index (χ2v) is 8.15. The van der Waals surface area contributed by atoms with Gasteiger partial charge in [-0.3, -0.25) is 0 Å². The van der Waals surface area contributed by atoms with E-state index in [1.807, 2.05) is 11.4 Å². The van der Waals surface area contributed by atoms with Gasteiger partial charge in [-0.15, -0.1) is 5.10 Å². The maximum Gasteiger partial charge on any atom is 0.241 e. The number of nitrogens with zero attached hydrogens (tertiary/aromatic N) is 5. The number of aliphatic hydroxyl groups is 1. The van der Waals surface area contributed by atoms with Gasteiger partial charge in [0.1, 0.15) is 0 Å². The Kier molecular flexibility index (Phi) is 6.01. The summed E-state index contributed by atoms with van der Waals surface area (Å²) in [4.78, 5) is 4.49. The van der Waals surface area contributed by atoms with Gasteiger partial charge in [0.2, 0.25) is 5.95 Å². The van der Waals surface area contributed by atoms with Gasteiger partial charge in [-0.25, -0.2) is 18.6 Å². The first-order valence-corrected chi connectivity index (χ1v) is 10.5. The first-order valence-electron chi connectivity index (χ1n) is 10.5. The number of nitrogens with one attached hydrogen (secondary N) is 1. The zero-order chi connectivity index (χ0) is 21.3. The van der Waals surface area contributed by atoms with Crippen molar-refractivity contribution in [3.05, 3.63) is 30.4 Å². The maximum absolute atomic E-state index is 13.7. The number of halogens is 1. The highest BCUT2D eigenvalue weighted by molar-refractivity contribution is 5.81. The molecule has 1 saturated carbocycles. The Bertz CT molecular complexity index is 993. The van der Waals surface area contributed by atoms with Gasteiger partial charge in [-0.05, 0) is 45.6 Å². The molecular formula is C21H29FN6O2. The minimum atomic E-state index is -1.19. The largest absolute Gasteiger partial charge is 0.393 e. The lowest BCUT2D eigenvalue weighted by Crippen LogP contribution is -2.23. The van der Waals surface area contributed by atoms with Crippen LogP contribution in [0.5, 0.6) is 0 Å². The highest BCUT2D eigenvalue weighted by Gasteiger charge is 2.26. The second kappa shape index (κ2) is 8.69. The number of rotatable bonds is 7. The van der Waals surface area contributed by atoms with E-state index in [0.29, 0.717) is 18.5 Å². The van der Waals surface area contributed by atoms with Gasteiger partial charge in [-0.2, -0.15) is 5.10 Å². The van der Waals surface area contributed by atoms with Gasteiger partial charge in [-0.1, -0.05) is 0 Å². The number of hydrogen-bond acceptors (Lipinski definition) is 6. The normalized spacial score (nSPS) is 21.6. The topological polar surface area (TPSA) is 89.5 Å². The van der Waals surface area contributed by atoms with Crippen molar-refractivity contribution in [2.45, 2.75) is 63.9 Å². The van der Waals surface area contributed by atoms with E-state index in [-0.39, 0.29) is 12.1 Å². The Morgan fingerprint density at radius 3 is 2.70 bits per heavy atom. The molecule has 0 spiro atoms. The van der Waals surface area contributed by atoms with Crippen molar-refractivity contribution >= 4 is 11.5 Å². The smallest absolute Gasteiger partial charge is 0.241 e. The minimum absolute atomic E-state index is 0.0695. The van der Waals surface area contributed by atoms with E-state index in [2.05, 4.69) is 21.5 Å². The van der Waals surface area contributed by atoms with Crippen LogP contribution < -0.4 is 5.32 Å². The Morgan fingerprint density at radius 1 is 1.27 bits per heavy atom. The molecule has 0 amide bonds. The van der Waals surface area contributed by atoms with Crippen LogP contribution in [0, 0.1) is 0 Å². The zero-order valence-corrected chi connectivity index (χ0v) is 17.6. The van der Waals surface area contributed by atoms with Crippen LogP contribution in [-0.4, -0.2) is 55.3 Å².